The van der Waals surface area contributed by atoms with Gasteiger partial charge in [0.1, 0.15) is 0 Å². The van der Waals surface area contributed by atoms with Crippen molar-refractivity contribution in [2.75, 3.05) is 17.2 Å². The summed E-state index contributed by atoms with van der Waals surface area (Å²) >= 11 is 1.59. The van der Waals surface area contributed by atoms with Crippen molar-refractivity contribution in [1.29, 1.82) is 0 Å². The maximum absolute atomic E-state index is 13.0. The normalized spacial score (nSPS) is 19.3. The Hall–Kier alpha value is -1.83. The lowest BCUT2D eigenvalue weighted by Gasteiger charge is -2.29. The Morgan fingerprint density at radius 3 is 2.85 bits per heavy atom. The van der Waals surface area contributed by atoms with Crippen LogP contribution in [-0.2, 0) is 21.2 Å². The summed E-state index contributed by atoms with van der Waals surface area (Å²) in [4.78, 5) is 14.6. The highest BCUT2D eigenvalue weighted by atomic mass is 32.2. The number of nitrogens with zero attached hydrogens (tertiary/aromatic N) is 1. The van der Waals surface area contributed by atoms with E-state index in [-0.39, 0.29) is 16.8 Å². The van der Waals surface area contributed by atoms with Crippen molar-refractivity contribution in [3.05, 3.63) is 53.6 Å². The molecular formula is C20H22N2O3S2. The van der Waals surface area contributed by atoms with Gasteiger partial charge in [-0.2, -0.15) is 0 Å². The molecule has 1 unspecified atom stereocenters. The largest absolute Gasteiger partial charge is 0.311 e. The van der Waals surface area contributed by atoms with Crippen molar-refractivity contribution >= 4 is 33.4 Å². The van der Waals surface area contributed by atoms with E-state index < -0.39 is 10.0 Å². The molecule has 1 amide bonds. The topological polar surface area (TPSA) is 66.5 Å². The molecule has 0 spiro atoms. The molecule has 0 fully saturated rings. The van der Waals surface area contributed by atoms with Gasteiger partial charge in [-0.1, -0.05) is 24.3 Å². The molecule has 0 saturated heterocycles. The second kappa shape index (κ2) is 7.30. The fourth-order valence-electron chi connectivity index (χ4n) is 3.83. The van der Waals surface area contributed by atoms with Crippen molar-refractivity contribution in [2.24, 2.45) is 0 Å². The Balaban J connectivity index is 1.63. The van der Waals surface area contributed by atoms with E-state index in [9.17, 15) is 13.2 Å². The molecule has 27 heavy (non-hydrogen) atoms. The number of sulfonamides is 1. The number of benzene rings is 2. The molecule has 7 heteroatoms. The first-order valence-electron chi connectivity index (χ1n) is 9.11. The first kappa shape index (κ1) is 18.5. The van der Waals surface area contributed by atoms with Crippen LogP contribution in [0.25, 0.3) is 0 Å². The van der Waals surface area contributed by atoms with Crippen LogP contribution in [0.15, 0.2) is 52.3 Å². The quantitative estimate of drug-likeness (QED) is 0.853. The van der Waals surface area contributed by atoms with Gasteiger partial charge >= 0.3 is 0 Å². The molecule has 1 aliphatic heterocycles. The summed E-state index contributed by atoms with van der Waals surface area (Å²) in [5.74, 6) is 0.739. The second-order valence-corrected chi connectivity index (χ2v) is 9.76. The van der Waals surface area contributed by atoms with Crippen LogP contribution in [0.3, 0.4) is 0 Å². The average Bonchev–Trinajstić information content (AvgIpc) is 2.67. The molecule has 1 atom stereocenters. The van der Waals surface area contributed by atoms with E-state index in [0.29, 0.717) is 6.54 Å². The Bertz CT molecular complexity index is 988. The summed E-state index contributed by atoms with van der Waals surface area (Å²) in [7, 11) is -3.64. The molecular weight excluding hydrogens is 380 g/mol. The molecule has 0 radical (unpaired) electrons. The Morgan fingerprint density at radius 2 is 2.04 bits per heavy atom. The van der Waals surface area contributed by atoms with Crippen LogP contribution in [-0.4, -0.2) is 26.6 Å². The van der Waals surface area contributed by atoms with Gasteiger partial charge in [0.2, 0.25) is 15.9 Å². The van der Waals surface area contributed by atoms with Crippen molar-refractivity contribution in [2.45, 2.75) is 42.0 Å². The summed E-state index contributed by atoms with van der Waals surface area (Å²) in [6.45, 7) is 2.18. The number of rotatable bonds is 3. The van der Waals surface area contributed by atoms with Crippen LogP contribution in [0.1, 0.15) is 36.9 Å². The monoisotopic (exact) mass is 402 g/mol. The SMILES string of the molecule is CC(=O)N1CCSc2cc(S(=O)(=O)NC3CCCc4ccccc43)ccc21. The maximum Gasteiger partial charge on any atom is 0.241 e. The highest BCUT2D eigenvalue weighted by Crippen LogP contribution is 2.37. The number of hydrogen-bond donors (Lipinski definition) is 1. The van der Waals surface area contributed by atoms with Gasteiger partial charge in [0, 0.05) is 30.2 Å². The molecule has 2 aromatic rings. The van der Waals surface area contributed by atoms with E-state index in [0.717, 1.165) is 41.2 Å². The number of aryl methyl sites for hydroxylation is 1. The average molecular weight is 403 g/mol. The van der Waals surface area contributed by atoms with Gasteiger partial charge in [0.05, 0.1) is 10.6 Å². The molecule has 4 rings (SSSR count). The highest BCUT2D eigenvalue weighted by molar-refractivity contribution is 7.99. The van der Waals surface area contributed by atoms with E-state index in [1.54, 1.807) is 34.9 Å². The summed E-state index contributed by atoms with van der Waals surface area (Å²) in [5, 5.41) is 0. The van der Waals surface area contributed by atoms with E-state index in [1.807, 2.05) is 18.2 Å². The zero-order valence-electron chi connectivity index (χ0n) is 15.1. The van der Waals surface area contributed by atoms with Gasteiger partial charge in [-0.05, 0) is 48.6 Å². The summed E-state index contributed by atoms with van der Waals surface area (Å²) in [6, 6.07) is 12.9. The summed E-state index contributed by atoms with van der Waals surface area (Å²) in [6.07, 6.45) is 2.76. The van der Waals surface area contributed by atoms with Gasteiger partial charge in [-0.3, -0.25) is 4.79 Å². The number of amides is 1. The van der Waals surface area contributed by atoms with Gasteiger partial charge < -0.3 is 4.90 Å². The minimum atomic E-state index is -3.64. The van der Waals surface area contributed by atoms with Crippen LogP contribution in [0.2, 0.25) is 0 Å². The lowest BCUT2D eigenvalue weighted by molar-refractivity contribution is -0.116. The van der Waals surface area contributed by atoms with Gasteiger partial charge in [0.15, 0.2) is 0 Å². The summed E-state index contributed by atoms with van der Waals surface area (Å²) < 4.78 is 28.9. The Labute approximate surface area is 164 Å². The van der Waals surface area contributed by atoms with Crippen LogP contribution >= 0.6 is 11.8 Å². The standard InChI is InChI=1S/C20H22N2O3S2/c1-14(23)22-11-12-26-20-13-16(9-10-19(20)22)27(24,25)21-18-8-4-6-15-5-2-3-7-17(15)18/h2-3,5,7,9-10,13,18,21H,4,6,8,11-12H2,1H3. The zero-order valence-corrected chi connectivity index (χ0v) is 16.8. The molecule has 5 nitrogen and oxygen atoms in total. The fourth-order valence-corrected chi connectivity index (χ4v) is 6.21. The smallest absolute Gasteiger partial charge is 0.241 e. The van der Waals surface area contributed by atoms with Crippen molar-refractivity contribution < 1.29 is 13.2 Å². The molecule has 142 valence electrons. The van der Waals surface area contributed by atoms with Crippen LogP contribution < -0.4 is 9.62 Å². The third-order valence-electron chi connectivity index (χ3n) is 5.15. The zero-order chi connectivity index (χ0) is 19.0. The lowest BCUT2D eigenvalue weighted by Crippen LogP contribution is -2.34. The third kappa shape index (κ3) is 3.63. The van der Waals surface area contributed by atoms with Gasteiger partial charge in [0.25, 0.3) is 0 Å². The highest BCUT2D eigenvalue weighted by Gasteiger charge is 2.27. The molecule has 1 N–H and O–H groups in total. The van der Waals surface area contributed by atoms with Crippen LogP contribution in [0, 0.1) is 0 Å². The summed E-state index contributed by atoms with van der Waals surface area (Å²) in [5.41, 5.74) is 3.08. The van der Waals surface area contributed by atoms with Crippen LogP contribution in [0.4, 0.5) is 5.69 Å². The molecule has 1 heterocycles. The van der Waals surface area contributed by atoms with E-state index in [1.165, 1.54) is 12.5 Å². The molecule has 0 bridgehead atoms. The molecule has 0 aromatic heterocycles. The second-order valence-electron chi connectivity index (χ2n) is 6.91. The minimum Gasteiger partial charge on any atom is -0.311 e. The van der Waals surface area contributed by atoms with Crippen molar-refractivity contribution in [3.63, 3.8) is 0 Å². The minimum absolute atomic E-state index is 0.0240. The van der Waals surface area contributed by atoms with Gasteiger partial charge in [-0.25, -0.2) is 13.1 Å². The predicted molar refractivity (Wildman–Crippen MR) is 108 cm³/mol. The van der Waals surface area contributed by atoms with Crippen molar-refractivity contribution in [1.82, 2.24) is 4.72 Å². The number of thioether (sulfide) groups is 1. The predicted octanol–water partition coefficient (Wildman–Crippen LogP) is 3.50. The Kier molecular flexibility index (Phi) is 5.01. The van der Waals surface area contributed by atoms with Gasteiger partial charge in [-0.15, -0.1) is 11.8 Å². The first-order chi connectivity index (χ1) is 13.0. The third-order valence-corrected chi connectivity index (χ3v) is 7.65. The number of anilines is 1. The maximum atomic E-state index is 13.0. The molecule has 0 saturated carbocycles. The Morgan fingerprint density at radius 1 is 1.22 bits per heavy atom. The van der Waals surface area contributed by atoms with E-state index >= 15 is 0 Å². The lowest BCUT2D eigenvalue weighted by atomic mass is 9.88. The number of nitrogens with one attached hydrogen (secondary N) is 1. The number of hydrogen-bond acceptors (Lipinski definition) is 4. The van der Waals surface area contributed by atoms with Crippen LogP contribution in [0.5, 0.6) is 0 Å². The van der Waals surface area contributed by atoms with E-state index in [4.69, 9.17) is 0 Å². The molecule has 1 aliphatic carbocycles. The first-order valence-corrected chi connectivity index (χ1v) is 11.6. The number of carbonyl (C=O) groups is 1. The molecule has 2 aromatic carbocycles. The fraction of sp³-hybridized carbons (Fsp3) is 0.350. The van der Waals surface area contributed by atoms with Crippen molar-refractivity contribution in [3.8, 4) is 0 Å². The number of carbonyl (C=O) groups excluding carboxylic acids is 1. The van der Waals surface area contributed by atoms with E-state index in [2.05, 4.69) is 10.8 Å². The number of fused-ring (bicyclic) bond motifs is 2. The molecule has 2 aliphatic rings.